The quantitative estimate of drug-likeness (QED) is 0.606. The summed E-state index contributed by atoms with van der Waals surface area (Å²) in [5, 5.41) is 0. The van der Waals surface area contributed by atoms with Gasteiger partial charge in [0.05, 0.1) is 0 Å². The summed E-state index contributed by atoms with van der Waals surface area (Å²) >= 11 is 0. The van der Waals surface area contributed by atoms with Gasteiger partial charge in [-0.25, -0.2) is 0 Å². The molecule has 0 saturated heterocycles. The fourth-order valence-electron chi connectivity index (χ4n) is 4.83. The normalized spacial score (nSPS) is 50.2. The van der Waals surface area contributed by atoms with E-state index in [0.717, 1.165) is 24.7 Å². The zero-order chi connectivity index (χ0) is 11.6. The summed E-state index contributed by atoms with van der Waals surface area (Å²) in [4.78, 5) is 12.1. The summed E-state index contributed by atoms with van der Waals surface area (Å²) in [6.07, 6.45) is 7.25. The highest BCUT2D eigenvalue weighted by atomic mass is 16.1. The molecule has 0 spiro atoms. The maximum absolute atomic E-state index is 12.1. The third kappa shape index (κ3) is 1.39. The van der Waals surface area contributed by atoms with Gasteiger partial charge >= 0.3 is 0 Å². The fourth-order valence-corrected chi connectivity index (χ4v) is 4.83. The average molecular weight is 220 g/mol. The van der Waals surface area contributed by atoms with Crippen molar-refractivity contribution in [1.29, 1.82) is 0 Å². The van der Waals surface area contributed by atoms with Gasteiger partial charge in [-0.15, -0.1) is 0 Å². The van der Waals surface area contributed by atoms with Crippen molar-refractivity contribution in [2.24, 2.45) is 28.6 Å². The van der Waals surface area contributed by atoms with Gasteiger partial charge in [-0.3, -0.25) is 4.79 Å². The van der Waals surface area contributed by atoms with E-state index in [-0.39, 0.29) is 0 Å². The zero-order valence-electron chi connectivity index (χ0n) is 10.9. The van der Waals surface area contributed by atoms with Crippen molar-refractivity contribution in [3.8, 4) is 0 Å². The molecular formula is C15H24O. The average Bonchev–Trinajstić information content (AvgIpc) is 2.28. The maximum atomic E-state index is 12.1. The molecule has 0 aromatic rings. The molecule has 0 heterocycles. The lowest BCUT2D eigenvalue weighted by atomic mass is 9.50. The highest BCUT2D eigenvalue weighted by molar-refractivity contribution is 5.82. The number of fused-ring (bicyclic) bond motifs is 4. The lowest BCUT2D eigenvalue weighted by molar-refractivity contribution is -0.135. The summed E-state index contributed by atoms with van der Waals surface area (Å²) in [5.41, 5.74) is 1.00. The van der Waals surface area contributed by atoms with Crippen molar-refractivity contribution in [2.45, 2.75) is 59.3 Å². The van der Waals surface area contributed by atoms with Crippen LogP contribution in [0.4, 0.5) is 0 Å². The number of rotatable bonds is 0. The zero-order valence-corrected chi connectivity index (χ0v) is 10.9. The minimum atomic E-state index is 0.430. The Labute approximate surface area is 99.0 Å². The fraction of sp³-hybridized carbons (Fsp3) is 0.933. The van der Waals surface area contributed by atoms with Gasteiger partial charge in [0.15, 0.2) is 0 Å². The first-order valence-corrected chi connectivity index (χ1v) is 6.94. The van der Waals surface area contributed by atoms with Crippen LogP contribution >= 0.6 is 0 Å². The number of hydrogen-bond acceptors (Lipinski definition) is 1. The van der Waals surface area contributed by atoms with Crippen LogP contribution in [0.3, 0.4) is 0 Å². The first kappa shape index (κ1) is 10.8. The highest BCUT2D eigenvalue weighted by Crippen LogP contribution is 2.62. The molecule has 90 valence electrons. The van der Waals surface area contributed by atoms with Crippen LogP contribution in [0.25, 0.3) is 0 Å². The summed E-state index contributed by atoms with van der Waals surface area (Å²) in [6.45, 7) is 7.22. The summed E-state index contributed by atoms with van der Waals surface area (Å²) in [6, 6.07) is 0. The number of Topliss-reactive ketones (excluding diaryl/α,β-unsaturated/α-hetero) is 1. The molecule has 1 heteroatoms. The predicted molar refractivity (Wildman–Crippen MR) is 65.1 cm³/mol. The first-order chi connectivity index (χ1) is 7.41. The molecule has 3 fully saturated rings. The van der Waals surface area contributed by atoms with Crippen LogP contribution in [0.1, 0.15) is 59.3 Å². The van der Waals surface area contributed by atoms with Gasteiger partial charge in [0.1, 0.15) is 5.78 Å². The molecule has 0 N–H and O–H groups in total. The highest BCUT2D eigenvalue weighted by Gasteiger charge is 2.56. The molecule has 0 aromatic carbocycles. The molecule has 3 saturated carbocycles. The van der Waals surface area contributed by atoms with E-state index in [4.69, 9.17) is 0 Å². The van der Waals surface area contributed by atoms with E-state index in [0.29, 0.717) is 22.5 Å². The SMILES string of the molecule is CC1(C)C[C@@H]2[C@@H]3C[C@](C)(CCC3=O)CC[C@H]21. The standard InChI is InChI=1S/C15H24O/c1-14(2)8-10-11-9-15(3,6-4-12(10)14)7-5-13(11)16/h10-12H,4-9H2,1-3H3/t10-,11+,12-,15+/m1/s1. The van der Waals surface area contributed by atoms with Gasteiger partial charge < -0.3 is 0 Å². The van der Waals surface area contributed by atoms with Crippen molar-refractivity contribution in [1.82, 2.24) is 0 Å². The molecular weight excluding hydrogens is 196 g/mol. The Balaban J connectivity index is 1.90. The van der Waals surface area contributed by atoms with Crippen LogP contribution in [0.2, 0.25) is 0 Å². The molecule has 0 radical (unpaired) electrons. The van der Waals surface area contributed by atoms with Gasteiger partial charge in [0, 0.05) is 12.3 Å². The van der Waals surface area contributed by atoms with E-state index in [1.165, 1.54) is 25.7 Å². The molecule has 0 aromatic heterocycles. The Hall–Kier alpha value is -0.330. The lowest BCUT2D eigenvalue weighted by Gasteiger charge is -2.54. The Kier molecular flexibility index (Phi) is 2.10. The predicted octanol–water partition coefficient (Wildman–Crippen LogP) is 3.82. The van der Waals surface area contributed by atoms with Crippen molar-refractivity contribution in [3.63, 3.8) is 0 Å². The minimum absolute atomic E-state index is 0.430. The molecule has 2 bridgehead atoms. The van der Waals surface area contributed by atoms with E-state index in [1.54, 1.807) is 0 Å². The first-order valence-electron chi connectivity index (χ1n) is 6.94. The van der Waals surface area contributed by atoms with E-state index in [1.807, 2.05) is 0 Å². The van der Waals surface area contributed by atoms with Crippen LogP contribution < -0.4 is 0 Å². The third-order valence-electron chi connectivity index (χ3n) is 5.96. The number of carbonyl (C=O) groups excluding carboxylic acids is 1. The van der Waals surface area contributed by atoms with Gasteiger partial charge in [-0.05, 0) is 54.8 Å². The van der Waals surface area contributed by atoms with E-state index < -0.39 is 0 Å². The molecule has 0 amide bonds. The lowest BCUT2D eigenvalue weighted by Crippen LogP contribution is -2.48. The van der Waals surface area contributed by atoms with Crippen molar-refractivity contribution >= 4 is 5.78 Å². The second-order valence-corrected chi connectivity index (χ2v) is 7.59. The molecule has 3 rings (SSSR count). The van der Waals surface area contributed by atoms with Crippen LogP contribution in [0.15, 0.2) is 0 Å². The molecule has 0 unspecified atom stereocenters. The van der Waals surface area contributed by atoms with Crippen LogP contribution in [-0.2, 0) is 4.79 Å². The number of carbonyl (C=O) groups is 1. The van der Waals surface area contributed by atoms with E-state index in [2.05, 4.69) is 20.8 Å². The number of hydrogen-bond donors (Lipinski definition) is 0. The third-order valence-corrected chi connectivity index (χ3v) is 5.96. The van der Waals surface area contributed by atoms with Crippen LogP contribution in [0.5, 0.6) is 0 Å². The van der Waals surface area contributed by atoms with Gasteiger partial charge in [0.2, 0.25) is 0 Å². The van der Waals surface area contributed by atoms with Crippen LogP contribution in [-0.4, -0.2) is 5.78 Å². The Morgan fingerprint density at radius 3 is 2.56 bits per heavy atom. The van der Waals surface area contributed by atoms with Crippen LogP contribution in [0, 0.1) is 28.6 Å². The molecule has 1 nitrogen and oxygen atoms in total. The molecule has 3 aliphatic carbocycles. The molecule has 3 aliphatic rings. The topological polar surface area (TPSA) is 17.1 Å². The minimum Gasteiger partial charge on any atom is -0.299 e. The Morgan fingerprint density at radius 1 is 1.12 bits per heavy atom. The van der Waals surface area contributed by atoms with E-state index in [9.17, 15) is 4.79 Å². The Bertz CT molecular complexity index is 330. The van der Waals surface area contributed by atoms with Crippen molar-refractivity contribution < 1.29 is 4.79 Å². The monoisotopic (exact) mass is 220 g/mol. The molecule has 4 atom stereocenters. The molecule has 0 aliphatic heterocycles. The maximum Gasteiger partial charge on any atom is 0.136 e. The van der Waals surface area contributed by atoms with E-state index >= 15 is 0 Å². The smallest absolute Gasteiger partial charge is 0.136 e. The Morgan fingerprint density at radius 2 is 1.88 bits per heavy atom. The summed E-state index contributed by atoms with van der Waals surface area (Å²) in [7, 11) is 0. The van der Waals surface area contributed by atoms with Gasteiger partial charge in [-0.1, -0.05) is 20.8 Å². The number of ketones is 1. The summed E-state index contributed by atoms with van der Waals surface area (Å²) in [5.74, 6) is 2.59. The summed E-state index contributed by atoms with van der Waals surface area (Å²) < 4.78 is 0. The second kappa shape index (κ2) is 3.11. The van der Waals surface area contributed by atoms with Crippen molar-refractivity contribution in [2.75, 3.05) is 0 Å². The van der Waals surface area contributed by atoms with Gasteiger partial charge in [-0.2, -0.15) is 0 Å². The molecule has 16 heavy (non-hydrogen) atoms. The largest absolute Gasteiger partial charge is 0.299 e. The second-order valence-electron chi connectivity index (χ2n) is 7.59. The van der Waals surface area contributed by atoms with Crippen molar-refractivity contribution in [3.05, 3.63) is 0 Å². The van der Waals surface area contributed by atoms with Gasteiger partial charge in [0.25, 0.3) is 0 Å².